The number of hydrogen-bond donors (Lipinski definition) is 2. The van der Waals surface area contributed by atoms with Crippen LogP contribution < -0.4 is 5.32 Å². The van der Waals surface area contributed by atoms with E-state index in [1.165, 1.54) is 23.1 Å². The molecule has 0 bridgehead atoms. The van der Waals surface area contributed by atoms with Gasteiger partial charge in [0.15, 0.2) is 0 Å². The molecule has 112 valence electrons. The predicted molar refractivity (Wildman–Crippen MR) is 84.5 cm³/mol. The molecule has 1 unspecified atom stereocenters. The van der Waals surface area contributed by atoms with Gasteiger partial charge in [0.25, 0.3) is 0 Å². The molecule has 0 aliphatic heterocycles. The summed E-state index contributed by atoms with van der Waals surface area (Å²) < 4.78 is 0.744. The van der Waals surface area contributed by atoms with E-state index in [1.54, 1.807) is 0 Å². The highest BCUT2D eigenvalue weighted by molar-refractivity contribution is 7.99. The van der Waals surface area contributed by atoms with Crippen LogP contribution >= 0.6 is 34.7 Å². The Kier molecular flexibility index (Phi) is 8.02. The fourth-order valence-corrected chi connectivity index (χ4v) is 3.68. The van der Waals surface area contributed by atoms with Crippen molar-refractivity contribution < 1.29 is 14.7 Å². The van der Waals surface area contributed by atoms with Crippen molar-refractivity contribution in [1.82, 2.24) is 5.32 Å². The van der Waals surface area contributed by atoms with Gasteiger partial charge in [-0.15, -0.1) is 23.1 Å². The summed E-state index contributed by atoms with van der Waals surface area (Å²) >= 11 is 8.82. The van der Waals surface area contributed by atoms with Crippen LogP contribution in [0.25, 0.3) is 0 Å². The van der Waals surface area contributed by atoms with Crippen LogP contribution in [0.5, 0.6) is 0 Å². The van der Waals surface area contributed by atoms with Gasteiger partial charge in [0.2, 0.25) is 5.91 Å². The minimum atomic E-state index is -0.854. The highest BCUT2D eigenvalue weighted by atomic mass is 35.5. The molecule has 0 saturated heterocycles. The molecule has 0 aromatic carbocycles. The molecule has 0 spiro atoms. The fourth-order valence-electron chi connectivity index (χ4n) is 1.62. The first-order chi connectivity index (χ1) is 9.52. The molecule has 0 radical (unpaired) electrons. The Bertz CT molecular complexity index is 451. The van der Waals surface area contributed by atoms with Crippen molar-refractivity contribution in [1.29, 1.82) is 0 Å². The van der Waals surface area contributed by atoms with Crippen molar-refractivity contribution in [2.24, 2.45) is 5.92 Å². The Morgan fingerprint density at radius 2 is 2.25 bits per heavy atom. The Labute approximate surface area is 131 Å². The molecule has 2 N–H and O–H groups in total. The molecule has 1 atom stereocenters. The number of carbonyl (C=O) groups is 2. The van der Waals surface area contributed by atoms with Gasteiger partial charge >= 0.3 is 5.97 Å². The summed E-state index contributed by atoms with van der Waals surface area (Å²) in [5, 5.41) is 11.7. The van der Waals surface area contributed by atoms with Gasteiger partial charge in [-0.25, -0.2) is 0 Å². The van der Waals surface area contributed by atoms with Crippen LogP contribution in [0, 0.1) is 5.92 Å². The second-order valence-electron chi connectivity index (χ2n) is 4.33. The van der Waals surface area contributed by atoms with Crippen molar-refractivity contribution in [2.75, 3.05) is 12.3 Å². The zero-order valence-electron chi connectivity index (χ0n) is 11.2. The summed E-state index contributed by atoms with van der Waals surface area (Å²) in [7, 11) is 0. The molecule has 20 heavy (non-hydrogen) atoms. The molecular formula is C13H18ClNO3S2. The number of amides is 1. The number of hydrogen-bond acceptors (Lipinski definition) is 4. The van der Waals surface area contributed by atoms with E-state index in [4.69, 9.17) is 16.7 Å². The third-order valence-corrected chi connectivity index (χ3v) is 5.03. The smallest absolute Gasteiger partial charge is 0.308 e. The van der Waals surface area contributed by atoms with E-state index >= 15 is 0 Å². The normalized spacial score (nSPS) is 12.1. The van der Waals surface area contributed by atoms with E-state index in [2.05, 4.69) is 5.32 Å². The lowest BCUT2D eigenvalue weighted by molar-refractivity contribution is -0.141. The van der Waals surface area contributed by atoms with Crippen LogP contribution in [-0.2, 0) is 15.3 Å². The molecule has 0 aliphatic rings. The minimum Gasteiger partial charge on any atom is -0.481 e. The lowest BCUT2D eigenvalue weighted by Gasteiger charge is -2.12. The molecule has 7 heteroatoms. The molecule has 0 aliphatic carbocycles. The number of thioether (sulfide) groups is 1. The van der Waals surface area contributed by atoms with Crippen molar-refractivity contribution in [3.8, 4) is 0 Å². The maximum Gasteiger partial charge on any atom is 0.308 e. The van der Waals surface area contributed by atoms with E-state index in [0.717, 1.165) is 21.4 Å². The van der Waals surface area contributed by atoms with Gasteiger partial charge < -0.3 is 10.4 Å². The number of thiophene rings is 1. The third kappa shape index (κ3) is 6.63. The van der Waals surface area contributed by atoms with Crippen LogP contribution in [0.15, 0.2) is 12.1 Å². The molecule has 0 saturated carbocycles. The van der Waals surface area contributed by atoms with Gasteiger partial charge in [0.05, 0.1) is 16.0 Å². The molecule has 1 rings (SSSR count). The number of halogens is 1. The Morgan fingerprint density at radius 1 is 1.50 bits per heavy atom. The fraction of sp³-hybridized carbons (Fsp3) is 0.538. The molecule has 1 amide bonds. The number of carbonyl (C=O) groups excluding carboxylic acids is 1. The zero-order valence-corrected chi connectivity index (χ0v) is 13.6. The maximum absolute atomic E-state index is 11.6. The zero-order chi connectivity index (χ0) is 15.0. The molecule has 0 fully saturated rings. The summed E-state index contributed by atoms with van der Waals surface area (Å²) in [5.41, 5.74) is 0. The van der Waals surface area contributed by atoms with E-state index < -0.39 is 11.9 Å². The van der Waals surface area contributed by atoms with Gasteiger partial charge in [0.1, 0.15) is 0 Å². The van der Waals surface area contributed by atoms with Crippen molar-refractivity contribution >= 4 is 46.6 Å². The van der Waals surface area contributed by atoms with E-state index in [9.17, 15) is 9.59 Å². The average molecular weight is 336 g/mol. The summed E-state index contributed by atoms with van der Waals surface area (Å²) in [6.45, 7) is 2.13. The molecule has 1 heterocycles. The Hall–Kier alpha value is -0.720. The minimum absolute atomic E-state index is 0.125. The first-order valence-electron chi connectivity index (χ1n) is 6.34. The van der Waals surface area contributed by atoms with E-state index in [-0.39, 0.29) is 12.5 Å². The molecule has 1 aromatic rings. The quantitative estimate of drug-likeness (QED) is 0.727. The van der Waals surface area contributed by atoms with Crippen LogP contribution in [-0.4, -0.2) is 29.3 Å². The summed E-state index contributed by atoms with van der Waals surface area (Å²) in [4.78, 5) is 23.7. The van der Waals surface area contributed by atoms with Crippen LogP contribution in [0.3, 0.4) is 0 Å². The second-order valence-corrected chi connectivity index (χ2v) is 7.11. The number of nitrogens with one attached hydrogen (secondary N) is 1. The number of rotatable bonds is 9. The first-order valence-corrected chi connectivity index (χ1v) is 8.69. The number of aliphatic carboxylic acids is 1. The third-order valence-electron chi connectivity index (χ3n) is 2.64. The van der Waals surface area contributed by atoms with Crippen LogP contribution in [0.4, 0.5) is 0 Å². The topological polar surface area (TPSA) is 66.4 Å². The van der Waals surface area contributed by atoms with E-state index in [0.29, 0.717) is 12.2 Å². The van der Waals surface area contributed by atoms with Gasteiger partial charge in [0, 0.05) is 17.2 Å². The van der Waals surface area contributed by atoms with Gasteiger partial charge in [-0.1, -0.05) is 24.9 Å². The van der Waals surface area contributed by atoms with Crippen molar-refractivity contribution in [3.05, 3.63) is 21.3 Å². The molecular weight excluding hydrogens is 318 g/mol. The maximum atomic E-state index is 11.6. The van der Waals surface area contributed by atoms with Crippen molar-refractivity contribution in [3.63, 3.8) is 0 Å². The second kappa shape index (κ2) is 9.26. The van der Waals surface area contributed by atoms with E-state index in [1.807, 2.05) is 19.1 Å². The lowest BCUT2D eigenvalue weighted by Crippen LogP contribution is -2.33. The highest BCUT2D eigenvalue weighted by Gasteiger charge is 2.17. The molecule has 4 nitrogen and oxygen atoms in total. The Morgan fingerprint density at radius 3 is 2.80 bits per heavy atom. The summed E-state index contributed by atoms with van der Waals surface area (Å²) in [6, 6.07) is 3.78. The van der Waals surface area contributed by atoms with Crippen LogP contribution in [0.1, 0.15) is 24.6 Å². The van der Waals surface area contributed by atoms with Crippen LogP contribution in [0.2, 0.25) is 4.34 Å². The number of carboxylic acid groups (broad SMARTS) is 1. The average Bonchev–Trinajstić information content (AvgIpc) is 2.80. The predicted octanol–water partition coefficient (Wildman–Crippen LogP) is 3.25. The molecule has 1 aromatic heterocycles. The lowest BCUT2D eigenvalue weighted by atomic mass is 10.0. The monoisotopic (exact) mass is 335 g/mol. The summed E-state index contributed by atoms with van der Waals surface area (Å²) in [5.74, 6) is -0.408. The van der Waals surface area contributed by atoms with Gasteiger partial charge in [-0.05, 0) is 18.6 Å². The van der Waals surface area contributed by atoms with Crippen molar-refractivity contribution in [2.45, 2.75) is 25.5 Å². The standard InChI is InChI=1S/C13H18ClNO3S2/c1-2-3-9(13(17)18)6-15-12(16)8-19-7-10-4-5-11(14)20-10/h4-5,9H,2-3,6-8H2,1H3,(H,15,16)(H,17,18). The highest BCUT2D eigenvalue weighted by Crippen LogP contribution is 2.24. The summed E-state index contributed by atoms with van der Waals surface area (Å²) in [6.07, 6.45) is 1.37. The Balaban J connectivity index is 2.21. The number of carboxylic acids is 1. The van der Waals surface area contributed by atoms with Gasteiger partial charge in [-0.2, -0.15) is 0 Å². The largest absolute Gasteiger partial charge is 0.481 e. The SMILES string of the molecule is CCCC(CNC(=O)CSCc1ccc(Cl)s1)C(=O)O. The van der Waals surface area contributed by atoms with Gasteiger partial charge in [-0.3, -0.25) is 9.59 Å². The first kappa shape index (κ1) is 17.3.